The topological polar surface area (TPSA) is 38.7 Å². The molecule has 0 saturated carbocycles. The van der Waals surface area contributed by atoms with Crippen LogP contribution in [0.3, 0.4) is 0 Å². The molecule has 0 fully saturated rings. The maximum atomic E-state index is 9.24. The lowest BCUT2D eigenvalue weighted by molar-refractivity contribution is -0.0268. The minimum atomic E-state index is -0.441. The molecule has 1 aromatic carbocycles. The van der Waals surface area contributed by atoms with Crippen molar-refractivity contribution in [2.75, 3.05) is 7.11 Å². The third-order valence-corrected chi connectivity index (χ3v) is 2.35. The van der Waals surface area contributed by atoms with Crippen LogP contribution in [0, 0.1) is 0 Å². The van der Waals surface area contributed by atoms with E-state index < -0.39 is 6.10 Å². The number of aliphatic hydroxyl groups excluding tert-OH is 1. The molecule has 15 heavy (non-hydrogen) atoms. The smallest absolute Gasteiger partial charge is 0.118 e. The minimum absolute atomic E-state index is 0.146. The van der Waals surface area contributed by atoms with Crippen molar-refractivity contribution in [1.82, 2.24) is 0 Å². The standard InChI is InChI=1S/C12H18O3/c1-9(13)10(2)15-8-11-4-6-12(14-3)7-5-11/h4-7,9-10,13H,8H2,1-3H3/t9-,10-/m0/s1. The zero-order valence-electron chi connectivity index (χ0n) is 9.43. The normalized spacial score (nSPS) is 14.7. The Morgan fingerprint density at radius 2 is 1.80 bits per heavy atom. The Labute approximate surface area is 90.6 Å². The quantitative estimate of drug-likeness (QED) is 0.807. The van der Waals surface area contributed by atoms with E-state index in [-0.39, 0.29) is 6.10 Å². The largest absolute Gasteiger partial charge is 0.497 e. The van der Waals surface area contributed by atoms with E-state index in [2.05, 4.69) is 0 Å². The molecule has 0 aliphatic rings. The van der Waals surface area contributed by atoms with Gasteiger partial charge in [0, 0.05) is 0 Å². The van der Waals surface area contributed by atoms with Crippen molar-refractivity contribution in [1.29, 1.82) is 0 Å². The Balaban J connectivity index is 2.44. The van der Waals surface area contributed by atoms with Gasteiger partial charge in [0.15, 0.2) is 0 Å². The Bertz CT molecular complexity index is 279. The fourth-order valence-electron chi connectivity index (χ4n) is 1.09. The number of ether oxygens (including phenoxy) is 2. The van der Waals surface area contributed by atoms with Crippen LogP contribution in [0.2, 0.25) is 0 Å². The highest BCUT2D eigenvalue weighted by Crippen LogP contribution is 2.12. The van der Waals surface area contributed by atoms with Crippen molar-refractivity contribution in [3.8, 4) is 5.75 Å². The molecule has 0 spiro atoms. The fourth-order valence-corrected chi connectivity index (χ4v) is 1.09. The van der Waals surface area contributed by atoms with Crippen molar-refractivity contribution < 1.29 is 14.6 Å². The second kappa shape index (κ2) is 5.73. The number of methoxy groups -OCH3 is 1. The van der Waals surface area contributed by atoms with Gasteiger partial charge >= 0.3 is 0 Å². The molecule has 0 aliphatic heterocycles. The van der Waals surface area contributed by atoms with Crippen molar-refractivity contribution in [2.45, 2.75) is 32.7 Å². The van der Waals surface area contributed by atoms with Crippen LogP contribution in [-0.4, -0.2) is 24.4 Å². The lowest BCUT2D eigenvalue weighted by Gasteiger charge is -2.15. The lowest BCUT2D eigenvalue weighted by atomic mass is 10.2. The number of hydrogen-bond donors (Lipinski definition) is 1. The molecule has 0 unspecified atom stereocenters. The molecular formula is C12H18O3. The van der Waals surface area contributed by atoms with Crippen LogP contribution < -0.4 is 4.74 Å². The monoisotopic (exact) mass is 210 g/mol. The van der Waals surface area contributed by atoms with E-state index in [1.165, 1.54) is 0 Å². The van der Waals surface area contributed by atoms with Crippen LogP contribution in [0.1, 0.15) is 19.4 Å². The minimum Gasteiger partial charge on any atom is -0.497 e. The molecule has 0 radical (unpaired) electrons. The van der Waals surface area contributed by atoms with Crippen LogP contribution in [0.4, 0.5) is 0 Å². The summed E-state index contributed by atoms with van der Waals surface area (Å²) in [5.74, 6) is 0.835. The summed E-state index contributed by atoms with van der Waals surface area (Å²) in [5, 5.41) is 9.24. The van der Waals surface area contributed by atoms with Crippen LogP contribution in [0.5, 0.6) is 5.75 Å². The van der Waals surface area contributed by atoms with E-state index in [9.17, 15) is 5.11 Å². The predicted molar refractivity (Wildman–Crippen MR) is 58.9 cm³/mol. The Kier molecular flexibility index (Phi) is 4.59. The summed E-state index contributed by atoms with van der Waals surface area (Å²) in [4.78, 5) is 0. The molecule has 2 atom stereocenters. The molecule has 1 rings (SSSR count). The van der Waals surface area contributed by atoms with Gasteiger partial charge in [0.1, 0.15) is 5.75 Å². The van der Waals surface area contributed by atoms with Gasteiger partial charge in [0.05, 0.1) is 25.9 Å². The maximum Gasteiger partial charge on any atom is 0.118 e. The highest BCUT2D eigenvalue weighted by molar-refractivity contribution is 5.26. The summed E-state index contributed by atoms with van der Waals surface area (Å²) < 4.78 is 10.5. The summed E-state index contributed by atoms with van der Waals surface area (Å²) in [6, 6.07) is 7.69. The molecule has 3 heteroatoms. The Morgan fingerprint density at radius 1 is 1.20 bits per heavy atom. The molecule has 3 nitrogen and oxygen atoms in total. The molecular weight excluding hydrogens is 192 g/mol. The number of benzene rings is 1. The van der Waals surface area contributed by atoms with Crippen LogP contribution >= 0.6 is 0 Å². The second-order valence-electron chi connectivity index (χ2n) is 3.60. The third-order valence-electron chi connectivity index (χ3n) is 2.35. The van der Waals surface area contributed by atoms with Gasteiger partial charge in [-0.05, 0) is 31.5 Å². The molecule has 84 valence electrons. The maximum absolute atomic E-state index is 9.24. The van der Waals surface area contributed by atoms with Crippen LogP contribution in [0.15, 0.2) is 24.3 Å². The van der Waals surface area contributed by atoms with Crippen LogP contribution in [0.25, 0.3) is 0 Å². The van der Waals surface area contributed by atoms with Crippen molar-refractivity contribution >= 4 is 0 Å². The Hall–Kier alpha value is -1.06. The van der Waals surface area contributed by atoms with Gasteiger partial charge in [0.25, 0.3) is 0 Å². The van der Waals surface area contributed by atoms with Crippen molar-refractivity contribution in [2.24, 2.45) is 0 Å². The first-order valence-electron chi connectivity index (χ1n) is 5.06. The van der Waals surface area contributed by atoms with Crippen molar-refractivity contribution in [3.05, 3.63) is 29.8 Å². The van der Waals surface area contributed by atoms with E-state index in [1.807, 2.05) is 31.2 Å². The summed E-state index contributed by atoms with van der Waals surface area (Å²) >= 11 is 0. The van der Waals surface area contributed by atoms with E-state index in [1.54, 1.807) is 14.0 Å². The molecule has 0 bridgehead atoms. The van der Waals surface area contributed by atoms with Gasteiger partial charge in [-0.1, -0.05) is 12.1 Å². The first kappa shape index (κ1) is 12.0. The number of hydrogen-bond acceptors (Lipinski definition) is 3. The van der Waals surface area contributed by atoms with Gasteiger partial charge in [-0.25, -0.2) is 0 Å². The van der Waals surface area contributed by atoms with Gasteiger partial charge in [-0.3, -0.25) is 0 Å². The zero-order valence-corrected chi connectivity index (χ0v) is 9.43. The van der Waals surface area contributed by atoms with E-state index in [4.69, 9.17) is 9.47 Å². The molecule has 1 N–H and O–H groups in total. The van der Waals surface area contributed by atoms with Crippen molar-refractivity contribution in [3.63, 3.8) is 0 Å². The van der Waals surface area contributed by atoms with Gasteiger partial charge in [0.2, 0.25) is 0 Å². The summed E-state index contributed by atoms with van der Waals surface area (Å²) in [6.45, 7) is 4.09. The SMILES string of the molecule is COc1ccc(CO[C@@H](C)[C@H](C)O)cc1. The number of aliphatic hydroxyl groups is 1. The molecule has 0 saturated heterocycles. The first-order chi connectivity index (χ1) is 7.13. The van der Waals surface area contributed by atoms with E-state index in [0.29, 0.717) is 6.61 Å². The van der Waals surface area contributed by atoms with Gasteiger partial charge in [-0.15, -0.1) is 0 Å². The average molecular weight is 210 g/mol. The molecule has 0 heterocycles. The van der Waals surface area contributed by atoms with E-state index >= 15 is 0 Å². The third kappa shape index (κ3) is 3.90. The fraction of sp³-hybridized carbons (Fsp3) is 0.500. The first-order valence-corrected chi connectivity index (χ1v) is 5.06. The van der Waals surface area contributed by atoms with Crippen LogP contribution in [-0.2, 0) is 11.3 Å². The zero-order chi connectivity index (χ0) is 11.3. The average Bonchev–Trinajstić information content (AvgIpc) is 2.26. The predicted octanol–water partition coefficient (Wildman–Crippen LogP) is 1.98. The number of rotatable bonds is 5. The lowest BCUT2D eigenvalue weighted by Crippen LogP contribution is -2.22. The summed E-state index contributed by atoms with van der Waals surface area (Å²) in [5.41, 5.74) is 1.07. The van der Waals surface area contributed by atoms with Gasteiger partial charge < -0.3 is 14.6 Å². The van der Waals surface area contributed by atoms with E-state index in [0.717, 1.165) is 11.3 Å². The molecule has 0 amide bonds. The highest BCUT2D eigenvalue weighted by atomic mass is 16.5. The second-order valence-corrected chi connectivity index (χ2v) is 3.60. The molecule has 1 aromatic rings. The molecule has 0 aliphatic carbocycles. The highest BCUT2D eigenvalue weighted by Gasteiger charge is 2.08. The van der Waals surface area contributed by atoms with Gasteiger partial charge in [-0.2, -0.15) is 0 Å². The summed E-state index contributed by atoms with van der Waals surface area (Å²) in [6.07, 6.45) is -0.588. The Morgan fingerprint density at radius 3 is 2.27 bits per heavy atom. The summed E-state index contributed by atoms with van der Waals surface area (Å²) in [7, 11) is 1.64. The molecule has 0 aromatic heterocycles.